The van der Waals surface area contributed by atoms with Crippen LogP contribution in [0.15, 0.2) is 30.3 Å². The van der Waals surface area contributed by atoms with E-state index in [0.717, 1.165) is 12.8 Å². The van der Waals surface area contributed by atoms with Crippen LogP contribution < -0.4 is 0 Å². The van der Waals surface area contributed by atoms with Crippen molar-refractivity contribution in [1.29, 1.82) is 0 Å². The van der Waals surface area contributed by atoms with Crippen LogP contribution >= 0.6 is 0 Å². The summed E-state index contributed by atoms with van der Waals surface area (Å²) in [5.74, 6) is -1.69. The van der Waals surface area contributed by atoms with Crippen LogP contribution in [0.25, 0.3) is 0 Å². The van der Waals surface area contributed by atoms with E-state index in [1.165, 1.54) is 5.56 Å². The number of amides is 1. The molecule has 114 valence electrons. The van der Waals surface area contributed by atoms with Gasteiger partial charge in [0, 0.05) is 13.1 Å². The van der Waals surface area contributed by atoms with E-state index in [4.69, 9.17) is 5.11 Å². The smallest absolute Gasteiger partial charge is 0.307 e. The molecule has 0 heterocycles. The first-order chi connectivity index (χ1) is 10.0. The number of rotatable bonds is 6. The Morgan fingerprint density at radius 2 is 1.86 bits per heavy atom. The highest BCUT2D eigenvalue weighted by molar-refractivity contribution is 5.86. The Balaban J connectivity index is 2.01. The maximum absolute atomic E-state index is 12.5. The molecule has 0 bridgehead atoms. The van der Waals surface area contributed by atoms with Gasteiger partial charge in [-0.25, -0.2) is 0 Å². The normalized spacial score (nSPS) is 22.2. The number of benzene rings is 1. The van der Waals surface area contributed by atoms with Crippen molar-refractivity contribution in [2.45, 2.75) is 38.6 Å². The first kappa shape index (κ1) is 15.5. The molecule has 0 saturated heterocycles. The Labute approximate surface area is 125 Å². The van der Waals surface area contributed by atoms with Crippen molar-refractivity contribution in [3.8, 4) is 0 Å². The van der Waals surface area contributed by atoms with Crippen molar-refractivity contribution in [3.05, 3.63) is 35.9 Å². The third kappa shape index (κ3) is 3.43. The molecule has 1 fully saturated rings. The van der Waals surface area contributed by atoms with Crippen molar-refractivity contribution in [1.82, 2.24) is 4.90 Å². The van der Waals surface area contributed by atoms with Crippen LogP contribution in [0.1, 0.15) is 31.7 Å². The summed E-state index contributed by atoms with van der Waals surface area (Å²) in [5.41, 5.74) is 1.20. The van der Waals surface area contributed by atoms with Gasteiger partial charge in [0.2, 0.25) is 5.91 Å². The minimum absolute atomic E-state index is 0.0172. The van der Waals surface area contributed by atoms with Gasteiger partial charge in [0.1, 0.15) is 0 Å². The Hall–Kier alpha value is -1.84. The summed E-state index contributed by atoms with van der Waals surface area (Å²) in [5, 5.41) is 9.09. The fraction of sp³-hybridized carbons (Fsp3) is 0.529. The molecule has 1 aromatic carbocycles. The standard InChI is InChI=1S/C17H23NO3/c1-3-13(11-12-7-5-4-6-8-12)18(2)16(19)14-9-10-15(14)17(20)21/h4-8,13-15H,3,9-11H2,1-2H3,(H,20,21). The van der Waals surface area contributed by atoms with Gasteiger partial charge in [0.25, 0.3) is 0 Å². The van der Waals surface area contributed by atoms with Gasteiger partial charge < -0.3 is 10.0 Å². The fourth-order valence-electron chi connectivity index (χ4n) is 2.97. The van der Waals surface area contributed by atoms with E-state index in [0.29, 0.717) is 12.8 Å². The SMILES string of the molecule is CCC(Cc1ccccc1)N(C)C(=O)C1CCC1C(=O)O. The minimum atomic E-state index is -0.843. The van der Waals surface area contributed by atoms with Gasteiger partial charge >= 0.3 is 5.97 Å². The molecule has 0 aromatic heterocycles. The predicted octanol–water partition coefficient (Wildman–Crippen LogP) is 2.58. The molecule has 1 aliphatic carbocycles. The number of likely N-dealkylation sites (N-methyl/N-ethyl adjacent to an activating group) is 1. The Bertz CT molecular complexity index is 500. The second-order valence-electron chi connectivity index (χ2n) is 5.83. The van der Waals surface area contributed by atoms with E-state index in [9.17, 15) is 9.59 Å². The fourth-order valence-corrected chi connectivity index (χ4v) is 2.97. The molecule has 1 N–H and O–H groups in total. The minimum Gasteiger partial charge on any atom is -0.481 e. The summed E-state index contributed by atoms with van der Waals surface area (Å²) in [6.45, 7) is 2.06. The van der Waals surface area contributed by atoms with Crippen LogP contribution in [0.5, 0.6) is 0 Å². The van der Waals surface area contributed by atoms with Crippen LogP contribution in [-0.4, -0.2) is 35.0 Å². The average Bonchev–Trinajstić information content (AvgIpc) is 2.43. The van der Waals surface area contributed by atoms with Gasteiger partial charge in [0.15, 0.2) is 0 Å². The summed E-state index contributed by atoms with van der Waals surface area (Å²) in [7, 11) is 1.80. The second kappa shape index (κ2) is 6.74. The van der Waals surface area contributed by atoms with Crippen molar-refractivity contribution in [2.24, 2.45) is 11.8 Å². The van der Waals surface area contributed by atoms with Crippen molar-refractivity contribution >= 4 is 11.9 Å². The molecule has 4 nitrogen and oxygen atoms in total. The van der Waals surface area contributed by atoms with E-state index in [1.807, 2.05) is 18.2 Å². The number of hydrogen-bond acceptors (Lipinski definition) is 2. The second-order valence-corrected chi connectivity index (χ2v) is 5.83. The van der Waals surface area contributed by atoms with Crippen LogP contribution in [0.3, 0.4) is 0 Å². The van der Waals surface area contributed by atoms with Gasteiger partial charge in [-0.1, -0.05) is 37.3 Å². The van der Waals surface area contributed by atoms with Crippen LogP contribution in [-0.2, 0) is 16.0 Å². The zero-order valence-electron chi connectivity index (χ0n) is 12.7. The molecule has 4 heteroatoms. The van der Waals surface area contributed by atoms with E-state index < -0.39 is 11.9 Å². The molecule has 3 atom stereocenters. The van der Waals surface area contributed by atoms with Crippen LogP contribution in [0.2, 0.25) is 0 Å². The molecular formula is C17H23NO3. The molecule has 1 amide bonds. The number of hydrogen-bond donors (Lipinski definition) is 1. The lowest BCUT2D eigenvalue weighted by Crippen LogP contribution is -2.48. The topological polar surface area (TPSA) is 57.6 Å². The summed E-state index contributed by atoms with van der Waals surface area (Å²) in [6.07, 6.45) is 2.99. The number of aliphatic carboxylic acids is 1. The number of carboxylic acid groups (broad SMARTS) is 1. The molecule has 0 spiro atoms. The number of carbonyl (C=O) groups is 2. The van der Waals surface area contributed by atoms with E-state index in [2.05, 4.69) is 19.1 Å². The largest absolute Gasteiger partial charge is 0.481 e. The molecule has 3 unspecified atom stereocenters. The summed E-state index contributed by atoms with van der Waals surface area (Å²) < 4.78 is 0. The Morgan fingerprint density at radius 3 is 2.33 bits per heavy atom. The molecule has 1 aliphatic rings. The Kier molecular flexibility index (Phi) is 4.99. The Morgan fingerprint density at radius 1 is 1.24 bits per heavy atom. The summed E-state index contributed by atoms with van der Waals surface area (Å²) in [4.78, 5) is 25.3. The number of carbonyl (C=O) groups excluding carboxylic acids is 1. The lowest BCUT2D eigenvalue weighted by Gasteiger charge is -2.38. The molecule has 2 rings (SSSR count). The number of nitrogens with zero attached hydrogens (tertiary/aromatic N) is 1. The quantitative estimate of drug-likeness (QED) is 0.875. The molecule has 0 radical (unpaired) electrons. The first-order valence-electron chi connectivity index (χ1n) is 7.58. The highest BCUT2D eigenvalue weighted by Gasteiger charge is 2.43. The third-order valence-corrected chi connectivity index (χ3v) is 4.59. The highest BCUT2D eigenvalue weighted by atomic mass is 16.4. The summed E-state index contributed by atoms with van der Waals surface area (Å²) >= 11 is 0. The zero-order chi connectivity index (χ0) is 15.4. The van der Waals surface area contributed by atoms with Gasteiger partial charge in [-0.15, -0.1) is 0 Å². The van der Waals surface area contributed by atoms with E-state index in [1.54, 1.807) is 11.9 Å². The van der Waals surface area contributed by atoms with Crippen molar-refractivity contribution < 1.29 is 14.7 Å². The molecule has 21 heavy (non-hydrogen) atoms. The van der Waals surface area contributed by atoms with Crippen LogP contribution in [0, 0.1) is 11.8 Å². The zero-order valence-corrected chi connectivity index (χ0v) is 12.7. The molecule has 1 saturated carbocycles. The van der Waals surface area contributed by atoms with E-state index in [-0.39, 0.29) is 17.9 Å². The molecule has 1 aromatic rings. The summed E-state index contributed by atoms with van der Waals surface area (Å²) in [6, 6.07) is 10.2. The monoisotopic (exact) mass is 289 g/mol. The number of carboxylic acids is 1. The van der Waals surface area contributed by atoms with Crippen molar-refractivity contribution in [2.75, 3.05) is 7.05 Å². The first-order valence-corrected chi connectivity index (χ1v) is 7.58. The van der Waals surface area contributed by atoms with Gasteiger partial charge in [0.05, 0.1) is 11.8 Å². The molecular weight excluding hydrogens is 266 g/mol. The van der Waals surface area contributed by atoms with Crippen LogP contribution in [0.4, 0.5) is 0 Å². The lowest BCUT2D eigenvalue weighted by atomic mass is 9.72. The highest BCUT2D eigenvalue weighted by Crippen LogP contribution is 2.36. The van der Waals surface area contributed by atoms with Gasteiger partial charge in [-0.3, -0.25) is 9.59 Å². The predicted molar refractivity (Wildman–Crippen MR) is 80.8 cm³/mol. The van der Waals surface area contributed by atoms with E-state index >= 15 is 0 Å². The van der Waals surface area contributed by atoms with Gasteiger partial charge in [-0.05, 0) is 31.2 Å². The lowest BCUT2D eigenvalue weighted by molar-refractivity contribution is -0.157. The van der Waals surface area contributed by atoms with Gasteiger partial charge in [-0.2, -0.15) is 0 Å². The maximum Gasteiger partial charge on any atom is 0.307 e. The average molecular weight is 289 g/mol. The maximum atomic E-state index is 12.5. The molecule has 0 aliphatic heterocycles. The third-order valence-electron chi connectivity index (χ3n) is 4.59. The van der Waals surface area contributed by atoms with Crippen molar-refractivity contribution in [3.63, 3.8) is 0 Å².